The topological polar surface area (TPSA) is 90.5 Å². The molecule has 6 nitrogen and oxygen atoms in total. The van der Waals surface area contributed by atoms with Gasteiger partial charge in [-0.2, -0.15) is 0 Å². The van der Waals surface area contributed by atoms with Crippen molar-refractivity contribution in [1.29, 1.82) is 0 Å². The summed E-state index contributed by atoms with van der Waals surface area (Å²) in [6.45, 7) is 0.548. The molecule has 2 rings (SSSR count). The van der Waals surface area contributed by atoms with Crippen LogP contribution < -0.4 is 5.56 Å². The number of pyridine rings is 1. The minimum absolute atomic E-state index is 0.0542. The van der Waals surface area contributed by atoms with Crippen LogP contribution in [0.5, 0.6) is 0 Å². The van der Waals surface area contributed by atoms with E-state index < -0.39 is 23.4 Å². The Balaban J connectivity index is 2.15. The number of carbonyl (C=O) groups excluding carboxylic acids is 1. The molecule has 1 aliphatic heterocycles. The summed E-state index contributed by atoms with van der Waals surface area (Å²) in [6.07, 6.45) is 1.88. The molecule has 6 heteroatoms. The predicted octanol–water partition coefficient (Wildman–Crippen LogP) is -0.0784. The zero-order valence-electron chi connectivity index (χ0n) is 9.05. The predicted molar refractivity (Wildman–Crippen MR) is 58.7 cm³/mol. The maximum absolute atomic E-state index is 11.9. The molecule has 1 amide bonds. The van der Waals surface area contributed by atoms with E-state index in [0.717, 1.165) is 0 Å². The van der Waals surface area contributed by atoms with Crippen molar-refractivity contribution in [3.63, 3.8) is 0 Å². The Hall–Kier alpha value is -2.11. The van der Waals surface area contributed by atoms with Gasteiger partial charge >= 0.3 is 5.97 Å². The summed E-state index contributed by atoms with van der Waals surface area (Å²) in [6, 6.07) is 3.01. The maximum atomic E-state index is 11.9. The number of aromatic nitrogens is 1. The monoisotopic (exact) mass is 236 g/mol. The largest absolute Gasteiger partial charge is 0.481 e. The summed E-state index contributed by atoms with van der Waals surface area (Å²) in [5.41, 5.74) is -0.394. The molecule has 1 aliphatic rings. The molecule has 0 aromatic carbocycles. The molecular formula is C11H12N2O4. The Morgan fingerprint density at radius 2 is 2.24 bits per heavy atom. The number of aromatic amines is 1. The summed E-state index contributed by atoms with van der Waals surface area (Å²) >= 11 is 0. The third kappa shape index (κ3) is 2.20. The lowest BCUT2D eigenvalue weighted by Crippen LogP contribution is -2.33. The number of rotatable bonds is 2. The fourth-order valence-electron chi connectivity index (χ4n) is 1.91. The highest BCUT2D eigenvalue weighted by molar-refractivity contribution is 5.94. The minimum Gasteiger partial charge on any atom is -0.481 e. The van der Waals surface area contributed by atoms with E-state index in [4.69, 9.17) is 5.11 Å². The molecule has 0 spiro atoms. The van der Waals surface area contributed by atoms with Gasteiger partial charge in [-0.15, -0.1) is 0 Å². The minimum atomic E-state index is -0.901. The zero-order valence-corrected chi connectivity index (χ0v) is 9.05. The van der Waals surface area contributed by atoms with Crippen molar-refractivity contribution in [3.05, 3.63) is 34.2 Å². The Morgan fingerprint density at radius 1 is 1.47 bits per heavy atom. The van der Waals surface area contributed by atoms with E-state index in [2.05, 4.69) is 4.98 Å². The van der Waals surface area contributed by atoms with Crippen LogP contribution in [0.1, 0.15) is 16.8 Å². The number of likely N-dealkylation sites (tertiary alicyclic amines) is 1. The van der Waals surface area contributed by atoms with E-state index in [1.165, 1.54) is 17.2 Å². The molecule has 0 aliphatic carbocycles. The highest BCUT2D eigenvalue weighted by atomic mass is 16.4. The molecule has 2 N–H and O–H groups in total. The second kappa shape index (κ2) is 4.40. The third-order valence-corrected chi connectivity index (χ3v) is 2.87. The highest BCUT2D eigenvalue weighted by Gasteiger charge is 2.31. The van der Waals surface area contributed by atoms with Crippen molar-refractivity contribution in [1.82, 2.24) is 9.88 Å². The summed E-state index contributed by atoms with van der Waals surface area (Å²) in [7, 11) is 0. The van der Waals surface area contributed by atoms with E-state index in [0.29, 0.717) is 13.0 Å². The number of hydrogen-bond acceptors (Lipinski definition) is 3. The van der Waals surface area contributed by atoms with Gasteiger partial charge in [-0.3, -0.25) is 14.4 Å². The molecule has 0 saturated carbocycles. The summed E-state index contributed by atoms with van der Waals surface area (Å²) in [5.74, 6) is -1.83. The first-order chi connectivity index (χ1) is 8.09. The molecule has 1 atom stereocenters. The molecular weight excluding hydrogens is 224 g/mol. The Bertz CT molecular complexity index is 508. The van der Waals surface area contributed by atoms with E-state index >= 15 is 0 Å². The van der Waals surface area contributed by atoms with E-state index in [9.17, 15) is 14.4 Å². The van der Waals surface area contributed by atoms with Crippen molar-refractivity contribution in [2.24, 2.45) is 5.92 Å². The number of carbonyl (C=O) groups is 2. The number of aliphatic carboxylic acids is 1. The van der Waals surface area contributed by atoms with Crippen molar-refractivity contribution in [2.45, 2.75) is 6.42 Å². The van der Waals surface area contributed by atoms with E-state index in [-0.39, 0.29) is 12.1 Å². The standard InChI is InChI=1S/C11H12N2O4/c14-9-8(2-1-4-12-9)10(15)13-5-3-7(6-13)11(16)17/h1-2,4,7H,3,5-6H2,(H,12,14)(H,16,17). The van der Waals surface area contributed by atoms with Crippen LogP contribution in [0.2, 0.25) is 0 Å². The number of hydrogen-bond donors (Lipinski definition) is 2. The van der Waals surface area contributed by atoms with Crippen LogP contribution in [0.4, 0.5) is 0 Å². The number of amides is 1. The number of nitrogens with zero attached hydrogens (tertiary/aromatic N) is 1. The first kappa shape index (κ1) is 11.4. The number of H-pyrrole nitrogens is 1. The van der Waals surface area contributed by atoms with Gasteiger partial charge in [-0.05, 0) is 18.6 Å². The average Bonchev–Trinajstić information content (AvgIpc) is 2.78. The van der Waals surface area contributed by atoms with E-state index in [1.54, 1.807) is 6.07 Å². The quantitative estimate of drug-likeness (QED) is 0.751. The lowest BCUT2D eigenvalue weighted by atomic mass is 10.1. The van der Waals surface area contributed by atoms with Crippen LogP contribution in [-0.4, -0.2) is 40.0 Å². The Kier molecular flexibility index (Phi) is 2.95. The van der Waals surface area contributed by atoms with Gasteiger partial charge in [0.05, 0.1) is 5.92 Å². The van der Waals surface area contributed by atoms with Crippen LogP contribution in [0.25, 0.3) is 0 Å². The molecule has 1 fully saturated rings. The second-order valence-electron chi connectivity index (χ2n) is 3.99. The highest BCUT2D eigenvalue weighted by Crippen LogP contribution is 2.17. The first-order valence-corrected chi connectivity index (χ1v) is 5.29. The second-order valence-corrected chi connectivity index (χ2v) is 3.99. The number of nitrogens with one attached hydrogen (secondary N) is 1. The van der Waals surface area contributed by atoms with Gasteiger partial charge in [-0.1, -0.05) is 0 Å². The third-order valence-electron chi connectivity index (χ3n) is 2.87. The Labute approximate surface area is 96.9 Å². The van der Waals surface area contributed by atoms with Crippen LogP contribution in [0.15, 0.2) is 23.1 Å². The zero-order chi connectivity index (χ0) is 12.4. The van der Waals surface area contributed by atoms with Crippen molar-refractivity contribution >= 4 is 11.9 Å². The van der Waals surface area contributed by atoms with Gasteiger partial charge in [-0.25, -0.2) is 0 Å². The average molecular weight is 236 g/mol. The van der Waals surface area contributed by atoms with Gasteiger partial charge in [0, 0.05) is 19.3 Å². The molecule has 1 unspecified atom stereocenters. The van der Waals surface area contributed by atoms with Crippen LogP contribution >= 0.6 is 0 Å². The maximum Gasteiger partial charge on any atom is 0.308 e. The molecule has 1 aromatic heterocycles. The van der Waals surface area contributed by atoms with Gasteiger partial charge in [0.25, 0.3) is 11.5 Å². The van der Waals surface area contributed by atoms with Crippen molar-refractivity contribution in [2.75, 3.05) is 13.1 Å². The van der Waals surface area contributed by atoms with Crippen LogP contribution in [-0.2, 0) is 4.79 Å². The Morgan fingerprint density at radius 3 is 2.82 bits per heavy atom. The number of carboxylic acid groups (broad SMARTS) is 1. The summed E-state index contributed by atoms with van der Waals surface area (Å²) < 4.78 is 0. The SMILES string of the molecule is O=C(O)C1CCN(C(=O)c2ccc[nH]c2=O)C1. The van der Waals surface area contributed by atoms with Crippen LogP contribution in [0.3, 0.4) is 0 Å². The number of carboxylic acids is 1. The van der Waals surface area contributed by atoms with E-state index in [1.807, 2.05) is 0 Å². The van der Waals surface area contributed by atoms with Crippen molar-refractivity contribution in [3.8, 4) is 0 Å². The fraction of sp³-hybridized carbons (Fsp3) is 0.364. The van der Waals surface area contributed by atoms with Gasteiger partial charge in [0.2, 0.25) is 0 Å². The molecule has 90 valence electrons. The molecule has 0 bridgehead atoms. The van der Waals surface area contributed by atoms with Crippen LogP contribution in [0, 0.1) is 5.92 Å². The molecule has 2 heterocycles. The summed E-state index contributed by atoms with van der Waals surface area (Å²) in [5, 5.41) is 8.83. The lowest BCUT2D eigenvalue weighted by molar-refractivity contribution is -0.141. The smallest absolute Gasteiger partial charge is 0.308 e. The first-order valence-electron chi connectivity index (χ1n) is 5.29. The summed E-state index contributed by atoms with van der Waals surface area (Å²) in [4.78, 5) is 38.0. The van der Waals surface area contributed by atoms with Crippen molar-refractivity contribution < 1.29 is 14.7 Å². The van der Waals surface area contributed by atoms with Gasteiger partial charge in [0.1, 0.15) is 5.56 Å². The van der Waals surface area contributed by atoms with Gasteiger partial charge < -0.3 is 15.0 Å². The molecule has 17 heavy (non-hydrogen) atoms. The fourth-order valence-corrected chi connectivity index (χ4v) is 1.91. The normalized spacial score (nSPS) is 19.3. The molecule has 0 radical (unpaired) electrons. The van der Waals surface area contributed by atoms with Gasteiger partial charge in [0.15, 0.2) is 0 Å². The lowest BCUT2D eigenvalue weighted by Gasteiger charge is -2.14. The molecule has 1 saturated heterocycles. The molecule has 1 aromatic rings.